The molecule has 0 saturated heterocycles. The second kappa shape index (κ2) is 7.97. The van der Waals surface area contributed by atoms with Gasteiger partial charge in [-0.3, -0.25) is 9.59 Å². The molecule has 1 N–H and O–H groups in total. The summed E-state index contributed by atoms with van der Waals surface area (Å²) in [6.07, 6.45) is 0. The second-order valence-electron chi connectivity index (χ2n) is 6.05. The average Bonchev–Trinajstić information content (AvgIpc) is 2.47. The van der Waals surface area contributed by atoms with E-state index in [9.17, 15) is 9.59 Å². The van der Waals surface area contributed by atoms with Gasteiger partial charge in [0.2, 0.25) is 0 Å². The first kappa shape index (κ1) is 18.2. The van der Waals surface area contributed by atoms with Gasteiger partial charge in [0.1, 0.15) is 0 Å². The van der Waals surface area contributed by atoms with E-state index in [1.807, 2.05) is 32.0 Å². The van der Waals surface area contributed by atoms with E-state index in [0.29, 0.717) is 13.1 Å². The number of likely N-dealkylation sites (N-methyl/N-ethyl adjacent to an activating group) is 1. The summed E-state index contributed by atoms with van der Waals surface area (Å²) < 4.78 is 0. The number of rotatable bonds is 5. The van der Waals surface area contributed by atoms with Crippen LogP contribution in [0.15, 0.2) is 18.2 Å². The molecule has 22 heavy (non-hydrogen) atoms. The summed E-state index contributed by atoms with van der Waals surface area (Å²) in [5.41, 5.74) is 2.91. The van der Waals surface area contributed by atoms with Crippen molar-refractivity contribution >= 4 is 17.5 Å². The summed E-state index contributed by atoms with van der Waals surface area (Å²) in [5, 5.41) is 2.86. The Labute approximate surface area is 133 Å². The number of nitrogens with zero attached hydrogens (tertiary/aromatic N) is 1. The molecule has 0 aromatic heterocycles. The van der Waals surface area contributed by atoms with Crippen LogP contribution in [0.2, 0.25) is 0 Å². The van der Waals surface area contributed by atoms with Gasteiger partial charge in [0.15, 0.2) is 0 Å². The fourth-order valence-electron chi connectivity index (χ4n) is 2.52. The van der Waals surface area contributed by atoms with Gasteiger partial charge >= 0.3 is 11.8 Å². The Morgan fingerprint density at radius 1 is 1.00 bits per heavy atom. The minimum Gasteiger partial charge on any atom is -0.335 e. The molecule has 1 aromatic carbocycles. The molecule has 0 spiro atoms. The van der Waals surface area contributed by atoms with Crippen molar-refractivity contribution in [2.24, 2.45) is 0 Å². The maximum absolute atomic E-state index is 12.3. The Morgan fingerprint density at radius 3 is 1.82 bits per heavy atom. The van der Waals surface area contributed by atoms with E-state index in [1.165, 1.54) is 4.90 Å². The molecule has 0 aliphatic carbocycles. The number of amides is 2. The van der Waals surface area contributed by atoms with Gasteiger partial charge in [-0.05, 0) is 36.8 Å². The lowest BCUT2D eigenvalue weighted by Gasteiger charge is -2.22. The van der Waals surface area contributed by atoms with Crippen molar-refractivity contribution in [1.82, 2.24) is 4.90 Å². The highest BCUT2D eigenvalue weighted by Crippen LogP contribution is 2.32. The van der Waals surface area contributed by atoms with E-state index < -0.39 is 11.8 Å². The zero-order valence-electron chi connectivity index (χ0n) is 14.6. The maximum atomic E-state index is 12.3. The summed E-state index contributed by atoms with van der Waals surface area (Å²) in [4.78, 5) is 26.0. The zero-order valence-corrected chi connectivity index (χ0v) is 14.6. The quantitative estimate of drug-likeness (QED) is 0.842. The minimum absolute atomic E-state index is 0.276. The van der Waals surface area contributed by atoms with Gasteiger partial charge in [0, 0.05) is 18.8 Å². The van der Waals surface area contributed by atoms with Crippen molar-refractivity contribution in [3.05, 3.63) is 29.3 Å². The molecule has 4 heteroatoms. The first-order valence-corrected chi connectivity index (χ1v) is 8.06. The van der Waals surface area contributed by atoms with E-state index in [2.05, 4.69) is 33.0 Å². The molecular weight excluding hydrogens is 276 g/mol. The first-order valence-electron chi connectivity index (χ1n) is 8.06. The topological polar surface area (TPSA) is 49.4 Å². The Bertz CT molecular complexity index is 506. The van der Waals surface area contributed by atoms with Crippen molar-refractivity contribution in [3.8, 4) is 0 Å². The van der Waals surface area contributed by atoms with Gasteiger partial charge < -0.3 is 10.2 Å². The fraction of sp³-hybridized carbons (Fsp3) is 0.556. The Balaban J connectivity index is 3.15. The third kappa shape index (κ3) is 4.09. The monoisotopic (exact) mass is 304 g/mol. The summed E-state index contributed by atoms with van der Waals surface area (Å²) in [6, 6.07) is 6.02. The number of hydrogen-bond donors (Lipinski definition) is 1. The van der Waals surface area contributed by atoms with Gasteiger partial charge in [-0.25, -0.2) is 0 Å². The molecule has 0 heterocycles. The Hall–Kier alpha value is -1.84. The van der Waals surface area contributed by atoms with E-state index in [1.54, 1.807) is 0 Å². The molecule has 4 nitrogen and oxygen atoms in total. The van der Waals surface area contributed by atoms with E-state index in [4.69, 9.17) is 0 Å². The predicted octanol–water partition coefficient (Wildman–Crippen LogP) is 3.74. The van der Waals surface area contributed by atoms with Crippen LogP contribution in [0.3, 0.4) is 0 Å². The molecule has 122 valence electrons. The smallest absolute Gasteiger partial charge is 0.313 e. The molecule has 1 aromatic rings. The lowest BCUT2D eigenvalue weighted by Crippen LogP contribution is -2.39. The standard InChI is InChI=1S/C18H28N2O2/c1-7-20(8-2)18(22)17(21)19-16-14(12(3)4)10-9-11-15(16)13(5)6/h9-13H,7-8H2,1-6H3,(H,19,21). The third-order valence-electron chi connectivity index (χ3n) is 3.86. The van der Waals surface area contributed by atoms with Gasteiger partial charge in [0.05, 0.1) is 0 Å². The number of benzene rings is 1. The Morgan fingerprint density at radius 2 is 1.45 bits per heavy atom. The van der Waals surface area contributed by atoms with E-state index >= 15 is 0 Å². The van der Waals surface area contributed by atoms with Crippen molar-refractivity contribution in [1.29, 1.82) is 0 Å². The highest BCUT2D eigenvalue weighted by molar-refractivity contribution is 6.39. The van der Waals surface area contributed by atoms with Crippen LogP contribution in [0.1, 0.15) is 64.5 Å². The minimum atomic E-state index is -0.557. The number of nitrogens with one attached hydrogen (secondary N) is 1. The Kier molecular flexibility index (Phi) is 6.60. The number of anilines is 1. The van der Waals surface area contributed by atoms with Gasteiger partial charge in [-0.1, -0.05) is 45.9 Å². The molecule has 2 amide bonds. The van der Waals surface area contributed by atoms with Crippen LogP contribution < -0.4 is 5.32 Å². The average molecular weight is 304 g/mol. The molecule has 0 unspecified atom stereocenters. The summed E-state index contributed by atoms with van der Waals surface area (Å²) in [7, 11) is 0. The normalized spacial score (nSPS) is 10.9. The number of hydrogen-bond acceptors (Lipinski definition) is 2. The van der Waals surface area contributed by atoms with Crippen LogP contribution in [-0.2, 0) is 9.59 Å². The molecule has 1 rings (SSSR count). The molecule has 0 aliphatic rings. The fourth-order valence-corrected chi connectivity index (χ4v) is 2.52. The van der Waals surface area contributed by atoms with E-state index in [0.717, 1.165) is 16.8 Å². The molecule has 0 bridgehead atoms. The van der Waals surface area contributed by atoms with Crippen LogP contribution in [0.25, 0.3) is 0 Å². The lowest BCUT2D eigenvalue weighted by atomic mass is 9.92. The number of para-hydroxylation sites is 1. The zero-order chi connectivity index (χ0) is 16.9. The third-order valence-corrected chi connectivity index (χ3v) is 3.86. The summed E-state index contributed by atoms with van der Waals surface area (Å²) in [6.45, 7) is 13.1. The largest absolute Gasteiger partial charge is 0.335 e. The van der Waals surface area contributed by atoms with Crippen LogP contribution in [0, 0.1) is 0 Å². The van der Waals surface area contributed by atoms with Crippen molar-refractivity contribution in [3.63, 3.8) is 0 Å². The number of carbonyl (C=O) groups excluding carboxylic acids is 2. The highest BCUT2D eigenvalue weighted by atomic mass is 16.2. The van der Waals surface area contributed by atoms with Crippen LogP contribution in [-0.4, -0.2) is 29.8 Å². The predicted molar refractivity (Wildman–Crippen MR) is 91.2 cm³/mol. The van der Waals surface area contributed by atoms with Crippen LogP contribution in [0.4, 0.5) is 5.69 Å². The van der Waals surface area contributed by atoms with Crippen molar-refractivity contribution in [2.45, 2.75) is 53.4 Å². The van der Waals surface area contributed by atoms with E-state index in [-0.39, 0.29) is 11.8 Å². The SMILES string of the molecule is CCN(CC)C(=O)C(=O)Nc1c(C(C)C)cccc1C(C)C. The lowest BCUT2D eigenvalue weighted by molar-refractivity contribution is -0.142. The van der Waals surface area contributed by atoms with Crippen molar-refractivity contribution < 1.29 is 9.59 Å². The molecule has 0 radical (unpaired) electrons. The first-order chi connectivity index (χ1) is 10.3. The highest BCUT2D eigenvalue weighted by Gasteiger charge is 2.22. The molecular formula is C18H28N2O2. The van der Waals surface area contributed by atoms with Crippen LogP contribution >= 0.6 is 0 Å². The second-order valence-corrected chi connectivity index (χ2v) is 6.05. The van der Waals surface area contributed by atoms with Gasteiger partial charge in [0.25, 0.3) is 0 Å². The molecule has 0 fully saturated rings. The molecule has 0 saturated carbocycles. The number of carbonyl (C=O) groups is 2. The summed E-state index contributed by atoms with van der Waals surface area (Å²) in [5.74, 6) is -0.480. The molecule has 0 atom stereocenters. The van der Waals surface area contributed by atoms with Crippen molar-refractivity contribution in [2.75, 3.05) is 18.4 Å². The van der Waals surface area contributed by atoms with Gasteiger partial charge in [-0.2, -0.15) is 0 Å². The van der Waals surface area contributed by atoms with Crippen LogP contribution in [0.5, 0.6) is 0 Å². The van der Waals surface area contributed by atoms with Gasteiger partial charge in [-0.15, -0.1) is 0 Å². The molecule has 0 aliphatic heterocycles. The summed E-state index contributed by atoms with van der Waals surface area (Å²) >= 11 is 0. The maximum Gasteiger partial charge on any atom is 0.313 e.